The van der Waals surface area contributed by atoms with Gasteiger partial charge in [0.25, 0.3) is 5.91 Å². The highest BCUT2D eigenvalue weighted by molar-refractivity contribution is 7.80. The normalized spacial score (nSPS) is 14.5. The average molecular weight is 509 g/mol. The largest absolute Gasteiger partial charge is 0.416 e. The minimum absolute atomic E-state index is 0.190. The van der Waals surface area contributed by atoms with Crippen LogP contribution in [0.15, 0.2) is 42.9 Å². The van der Waals surface area contributed by atoms with Crippen molar-refractivity contribution in [2.75, 3.05) is 5.32 Å². The number of carbonyl (C=O) groups is 1. The number of rotatable bonds is 7. The Labute approximate surface area is 203 Å². The van der Waals surface area contributed by atoms with Gasteiger partial charge in [0, 0.05) is 17.0 Å². The van der Waals surface area contributed by atoms with E-state index in [2.05, 4.69) is 25.7 Å². The van der Waals surface area contributed by atoms with E-state index in [4.69, 9.17) is 23.8 Å². The van der Waals surface area contributed by atoms with E-state index >= 15 is 0 Å². The summed E-state index contributed by atoms with van der Waals surface area (Å²) in [6, 6.07) is 5.53. The van der Waals surface area contributed by atoms with Crippen molar-refractivity contribution in [3.8, 4) is 5.82 Å². The summed E-state index contributed by atoms with van der Waals surface area (Å²) in [4.78, 5) is 22.0. The molecule has 7 nitrogen and oxygen atoms in total. The lowest BCUT2D eigenvalue weighted by Crippen LogP contribution is -2.29. The smallest absolute Gasteiger partial charge is 0.349 e. The molecule has 0 aliphatic heterocycles. The minimum Gasteiger partial charge on any atom is -0.349 e. The molecule has 2 heterocycles. The number of benzene rings is 1. The Morgan fingerprint density at radius 3 is 2.68 bits per heavy atom. The summed E-state index contributed by atoms with van der Waals surface area (Å²) >= 11 is 11.1. The Kier molecular flexibility index (Phi) is 6.85. The zero-order valence-electron chi connectivity index (χ0n) is 17.9. The molecular formula is C22H20ClF3N6OS. The molecule has 1 aliphatic carbocycles. The average Bonchev–Trinajstić information content (AvgIpc) is 3.44. The Hall–Kier alpha value is -3.05. The fourth-order valence-electron chi connectivity index (χ4n) is 3.33. The third-order valence-corrected chi connectivity index (χ3v) is 5.70. The van der Waals surface area contributed by atoms with Crippen molar-refractivity contribution in [3.63, 3.8) is 0 Å². The van der Waals surface area contributed by atoms with E-state index in [1.807, 2.05) is 0 Å². The van der Waals surface area contributed by atoms with E-state index in [-0.39, 0.29) is 10.6 Å². The first-order chi connectivity index (χ1) is 16.1. The molecule has 1 saturated carbocycles. The standard InChI is InChI=1S/C22H20ClF3N6OS/c1-12(30-21(33)14-7-15(22(24,25)26)9-16(23)8-14)20-28-11-29-32(20)18-5-4-17(10-27-18)31-19(34)6-13-2-3-13/h4-5,7-13H,2-3,6H2,1H3,(H,30,33)(H,31,34)/t12-/m0/s1. The summed E-state index contributed by atoms with van der Waals surface area (Å²) in [7, 11) is 0. The van der Waals surface area contributed by atoms with Gasteiger partial charge in [-0.05, 0) is 56.0 Å². The second-order valence-electron chi connectivity index (χ2n) is 8.05. The number of halogens is 4. The maximum absolute atomic E-state index is 13.1. The van der Waals surface area contributed by atoms with Crippen LogP contribution in [0.5, 0.6) is 0 Å². The van der Waals surface area contributed by atoms with E-state index in [0.29, 0.717) is 17.6 Å². The second-order valence-corrected chi connectivity index (χ2v) is 8.98. The highest BCUT2D eigenvalue weighted by Gasteiger charge is 2.32. The molecule has 12 heteroatoms. The van der Waals surface area contributed by atoms with Crippen molar-refractivity contribution in [3.05, 3.63) is 64.8 Å². The van der Waals surface area contributed by atoms with Crippen LogP contribution < -0.4 is 10.6 Å². The predicted octanol–water partition coefficient (Wildman–Crippen LogP) is 5.36. The number of hydrogen-bond acceptors (Lipinski definition) is 5. The van der Waals surface area contributed by atoms with Gasteiger partial charge in [0.2, 0.25) is 0 Å². The number of anilines is 1. The van der Waals surface area contributed by atoms with Crippen LogP contribution >= 0.6 is 23.8 Å². The number of alkyl halides is 3. The molecule has 1 aromatic carbocycles. The molecule has 0 saturated heterocycles. The van der Waals surface area contributed by atoms with Crippen molar-refractivity contribution < 1.29 is 18.0 Å². The topological polar surface area (TPSA) is 84.7 Å². The van der Waals surface area contributed by atoms with Crippen LogP contribution in [0.2, 0.25) is 5.02 Å². The summed E-state index contributed by atoms with van der Waals surface area (Å²) in [5.74, 6) is 0.749. The lowest BCUT2D eigenvalue weighted by atomic mass is 10.1. The van der Waals surface area contributed by atoms with Gasteiger partial charge in [-0.25, -0.2) is 9.97 Å². The van der Waals surface area contributed by atoms with Gasteiger partial charge in [-0.3, -0.25) is 4.79 Å². The lowest BCUT2D eigenvalue weighted by Gasteiger charge is -2.16. The predicted molar refractivity (Wildman–Crippen MR) is 125 cm³/mol. The molecule has 4 rings (SSSR count). The quantitative estimate of drug-likeness (QED) is 0.418. The molecule has 3 aromatic rings. The molecule has 2 N–H and O–H groups in total. The first-order valence-corrected chi connectivity index (χ1v) is 11.2. The molecule has 1 fully saturated rings. The first kappa shape index (κ1) is 24.1. The van der Waals surface area contributed by atoms with E-state index < -0.39 is 23.7 Å². The minimum atomic E-state index is -4.62. The number of aromatic nitrogens is 4. The van der Waals surface area contributed by atoms with Crippen molar-refractivity contribution in [2.24, 2.45) is 5.92 Å². The van der Waals surface area contributed by atoms with Gasteiger partial charge < -0.3 is 10.6 Å². The van der Waals surface area contributed by atoms with Gasteiger partial charge >= 0.3 is 6.18 Å². The number of pyridine rings is 1. The molecule has 0 spiro atoms. The highest BCUT2D eigenvalue weighted by Crippen LogP contribution is 2.33. The van der Waals surface area contributed by atoms with Gasteiger partial charge in [0.1, 0.15) is 6.33 Å². The Balaban J connectivity index is 1.46. The van der Waals surface area contributed by atoms with Crippen LogP contribution in [0.3, 0.4) is 0 Å². The van der Waals surface area contributed by atoms with Crippen molar-refractivity contribution in [2.45, 2.75) is 38.4 Å². The monoisotopic (exact) mass is 508 g/mol. The Morgan fingerprint density at radius 1 is 1.26 bits per heavy atom. The van der Waals surface area contributed by atoms with Gasteiger partial charge in [0.05, 0.1) is 28.5 Å². The zero-order chi connectivity index (χ0) is 24.5. The second kappa shape index (κ2) is 9.67. The SMILES string of the molecule is C[C@H](NC(=O)c1cc(Cl)cc(C(F)(F)F)c1)c1ncnn1-c1ccc(NC(=S)CC2CC2)cn1. The highest BCUT2D eigenvalue weighted by atomic mass is 35.5. The summed E-state index contributed by atoms with van der Waals surface area (Å²) in [5, 5.41) is 9.77. The number of carbonyl (C=O) groups excluding carboxylic acids is 1. The zero-order valence-corrected chi connectivity index (χ0v) is 19.5. The third-order valence-electron chi connectivity index (χ3n) is 5.22. The molecule has 0 bridgehead atoms. The van der Waals surface area contributed by atoms with Gasteiger partial charge in [-0.1, -0.05) is 23.8 Å². The lowest BCUT2D eigenvalue weighted by molar-refractivity contribution is -0.137. The van der Waals surface area contributed by atoms with Crippen LogP contribution in [-0.2, 0) is 6.18 Å². The molecular weight excluding hydrogens is 489 g/mol. The molecule has 0 radical (unpaired) electrons. The number of nitrogens with one attached hydrogen (secondary N) is 2. The number of hydrogen-bond donors (Lipinski definition) is 2. The fourth-order valence-corrected chi connectivity index (χ4v) is 3.92. The maximum atomic E-state index is 13.1. The molecule has 178 valence electrons. The van der Waals surface area contributed by atoms with E-state index in [0.717, 1.165) is 29.2 Å². The van der Waals surface area contributed by atoms with Crippen LogP contribution in [0.4, 0.5) is 18.9 Å². The van der Waals surface area contributed by atoms with E-state index in [1.165, 1.54) is 29.9 Å². The molecule has 2 aromatic heterocycles. The number of nitrogens with zero attached hydrogens (tertiary/aromatic N) is 4. The Bertz CT molecular complexity index is 1210. The molecule has 34 heavy (non-hydrogen) atoms. The molecule has 1 amide bonds. The first-order valence-electron chi connectivity index (χ1n) is 10.4. The fraction of sp³-hybridized carbons (Fsp3) is 0.318. The number of thiocarbonyl (C=S) groups is 1. The molecule has 0 unspecified atom stereocenters. The van der Waals surface area contributed by atoms with Crippen molar-refractivity contribution in [1.29, 1.82) is 0 Å². The molecule has 1 atom stereocenters. The Morgan fingerprint density at radius 2 is 2.03 bits per heavy atom. The van der Waals surface area contributed by atoms with Gasteiger partial charge in [-0.15, -0.1) is 0 Å². The van der Waals surface area contributed by atoms with Crippen LogP contribution in [0, 0.1) is 5.92 Å². The van der Waals surface area contributed by atoms with Gasteiger partial charge in [-0.2, -0.15) is 23.0 Å². The van der Waals surface area contributed by atoms with E-state index in [9.17, 15) is 18.0 Å². The summed E-state index contributed by atoms with van der Waals surface area (Å²) < 4.78 is 40.6. The summed E-state index contributed by atoms with van der Waals surface area (Å²) in [6.07, 6.45) is 1.58. The van der Waals surface area contributed by atoms with Crippen LogP contribution in [-0.4, -0.2) is 30.6 Å². The summed E-state index contributed by atoms with van der Waals surface area (Å²) in [5.41, 5.74) is -0.470. The third kappa shape index (κ3) is 5.89. The van der Waals surface area contributed by atoms with Crippen molar-refractivity contribution in [1.82, 2.24) is 25.1 Å². The van der Waals surface area contributed by atoms with Gasteiger partial charge in [0.15, 0.2) is 11.6 Å². The number of amides is 1. The van der Waals surface area contributed by atoms with Crippen LogP contribution in [0.1, 0.15) is 54.0 Å². The van der Waals surface area contributed by atoms with E-state index in [1.54, 1.807) is 25.3 Å². The van der Waals surface area contributed by atoms with Crippen molar-refractivity contribution >= 4 is 40.4 Å². The summed E-state index contributed by atoms with van der Waals surface area (Å²) in [6.45, 7) is 1.64. The van der Waals surface area contributed by atoms with Crippen LogP contribution in [0.25, 0.3) is 5.82 Å². The molecule has 1 aliphatic rings. The maximum Gasteiger partial charge on any atom is 0.416 e.